The molecule has 0 radical (unpaired) electrons. The number of nitrogens with one attached hydrogen (secondary N) is 1. The lowest BCUT2D eigenvalue weighted by Gasteiger charge is -1.81. The second kappa shape index (κ2) is 6.48. The summed E-state index contributed by atoms with van der Waals surface area (Å²) in [4.78, 5) is 0. The molecular weight excluding hydrogens is 100 g/mol. The number of hydrogen-bond acceptors (Lipinski definition) is 2. The van der Waals surface area contributed by atoms with E-state index in [0.29, 0.717) is 6.54 Å². The minimum Gasteiger partial charge on any atom is -0.330 e. The molecule has 0 aromatic rings. The van der Waals surface area contributed by atoms with Gasteiger partial charge in [-0.05, 0) is 7.05 Å². The van der Waals surface area contributed by atoms with Crippen molar-refractivity contribution >= 4 is 0 Å². The lowest BCUT2D eigenvalue weighted by molar-refractivity contribution is 0.934. The first kappa shape index (κ1) is 7.48. The standard InChI is InChI=1S/C6H12N2/c1-8-6-4-2-3-5-7/h8H,3,5-7H2,1H3. The van der Waals surface area contributed by atoms with Crippen molar-refractivity contribution in [2.45, 2.75) is 6.42 Å². The summed E-state index contributed by atoms with van der Waals surface area (Å²) in [7, 11) is 1.87. The topological polar surface area (TPSA) is 38.0 Å². The summed E-state index contributed by atoms with van der Waals surface area (Å²) in [5, 5.41) is 2.91. The highest BCUT2D eigenvalue weighted by molar-refractivity contribution is 5.00. The average Bonchev–Trinajstić information content (AvgIpc) is 1.81. The summed E-state index contributed by atoms with van der Waals surface area (Å²) >= 11 is 0. The number of rotatable bonds is 2. The van der Waals surface area contributed by atoms with E-state index in [1.165, 1.54) is 0 Å². The van der Waals surface area contributed by atoms with Gasteiger partial charge in [0.05, 0.1) is 6.54 Å². The summed E-state index contributed by atoms with van der Waals surface area (Å²) in [5.41, 5.74) is 5.19. The van der Waals surface area contributed by atoms with E-state index in [4.69, 9.17) is 5.73 Å². The van der Waals surface area contributed by atoms with Crippen molar-refractivity contribution < 1.29 is 0 Å². The van der Waals surface area contributed by atoms with E-state index in [1.54, 1.807) is 0 Å². The molecule has 2 heteroatoms. The first-order valence-corrected chi connectivity index (χ1v) is 2.72. The highest BCUT2D eigenvalue weighted by atomic mass is 14.8. The van der Waals surface area contributed by atoms with Crippen molar-refractivity contribution in [3.8, 4) is 11.8 Å². The molecule has 0 atom stereocenters. The van der Waals surface area contributed by atoms with Crippen molar-refractivity contribution in [2.75, 3.05) is 20.1 Å². The third-order valence-corrected chi connectivity index (χ3v) is 0.660. The normalized spacial score (nSPS) is 7.75. The Balaban J connectivity index is 2.95. The average molecular weight is 112 g/mol. The number of nitrogens with two attached hydrogens (primary N) is 1. The van der Waals surface area contributed by atoms with E-state index >= 15 is 0 Å². The molecule has 0 aromatic heterocycles. The molecule has 0 bridgehead atoms. The fourth-order valence-corrected chi connectivity index (χ4v) is 0.311. The summed E-state index contributed by atoms with van der Waals surface area (Å²) in [6.07, 6.45) is 0.807. The third-order valence-electron chi connectivity index (χ3n) is 0.660. The molecule has 46 valence electrons. The van der Waals surface area contributed by atoms with Crippen LogP contribution in [0, 0.1) is 11.8 Å². The van der Waals surface area contributed by atoms with Crippen LogP contribution in [-0.4, -0.2) is 20.1 Å². The molecule has 0 heterocycles. The van der Waals surface area contributed by atoms with E-state index in [-0.39, 0.29) is 0 Å². The molecular formula is C6H12N2. The van der Waals surface area contributed by atoms with Crippen molar-refractivity contribution in [3.05, 3.63) is 0 Å². The molecule has 0 spiro atoms. The highest BCUT2D eigenvalue weighted by Crippen LogP contribution is 1.64. The van der Waals surface area contributed by atoms with Gasteiger partial charge in [-0.25, -0.2) is 0 Å². The van der Waals surface area contributed by atoms with Crippen LogP contribution >= 0.6 is 0 Å². The second-order valence-corrected chi connectivity index (χ2v) is 1.42. The summed E-state index contributed by atoms with van der Waals surface area (Å²) < 4.78 is 0. The van der Waals surface area contributed by atoms with Crippen LogP contribution in [0.25, 0.3) is 0 Å². The van der Waals surface area contributed by atoms with Crippen LogP contribution in [0.4, 0.5) is 0 Å². The van der Waals surface area contributed by atoms with Crippen LogP contribution in [0.1, 0.15) is 6.42 Å². The first-order valence-electron chi connectivity index (χ1n) is 2.72. The predicted octanol–water partition coefficient (Wildman–Crippen LogP) is -0.442. The van der Waals surface area contributed by atoms with Gasteiger partial charge in [-0.2, -0.15) is 0 Å². The molecule has 0 aliphatic carbocycles. The molecule has 0 saturated heterocycles. The van der Waals surface area contributed by atoms with Gasteiger partial charge >= 0.3 is 0 Å². The lowest BCUT2D eigenvalue weighted by atomic mass is 10.4. The Bertz CT molecular complexity index is 78.4. The van der Waals surface area contributed by atoms with Gasteiger partial charge < -0.3 is 11.1 Å². The van der Waals surface area contributed by atoms with E-state index in [2.05, 4.69) is 17.2 Å². The largest absolute Gasteiger partial charge is 0.330 e. The molecule has 2 nitrogen and oxygen atoms in total. The zero-order chi connectivity index (χ0) is 6.24. The maximum absolute atomic E-state index is 5.19. The Morgan fingerprint density at radius 1 is 1.50 bits per heavy atom. The molecule has 3 N–H and O–H groups in total. The van der Waals surface area contributed by atoms with Crippen LogP contribution in [0.2, 0.25) is 0 Å². The van der Waals surface area contributed by atoms with Crippen LogP contribution in [-0.2, 0) is 0 Å². The van der Waals surface area contributed by atoms with Crippen molar-refractivity contribution in [1.82, 2.24) is 5.32 Å². The summed E-state index contributed by atoms with van der Waals surface area (Å²) in [5.74, 6) is 5.79. The molecule has 0 rings (SSSR count). The smallest absolute Gasteiger partial charge is 0.0574 e. The van der Waals surface area contributed by atoms with Gasteiger partial charge in [0, 0.05) is 13.0 Å². The van der Waals surface area contributed by atoms with Crippen molar-refractivity contribution in [3.63, 3.8) is 0 Å². The zero-order valence-corrected chi connectivity index (χ0v) is 5.20. The minimum atomic E-state index is 0.663. The van der Waals surface area contributed by atoms with Crippen LogP contribution < -0.4 is 11.1 Å². The van der Waals surface area contributed by atoms with Gasteiger partial charge in [0.2, 0.25) is 0 Å². The SMILES string of the molecule is CNCC#CCCN. The van der Waals surface area contributed by atoms with Crippen molar-refractivity contribution in [1.29, 1.82) is 0 Å². The summed E-state index contributed by atoms with van der Waals surface area (Å²) in [6.45, 7) is 1.43. The second-order valence-electron chi connectivity index (χ2n) is 1.42. The molecule has 0 unspecified atom stereocenters. The van der Waals surface area contributed by atoms with Gasteiger partial charge in [-0.1, -0.05) is 5.92 Å². The molecule has 8 heavy (non-hydrogen) atoms. The maximum atomic E-state index is 5.19. The Morgan fingerprint density at radius 3 is 2.75 bits per heavy atom. The van der Waals surface area contributed by atoms with E-state index in [1.807, 2.05) is 7.05 Å². The van der Waals surface area contributed by atoms with E-state index in [9.17, 15) is 0 Å². The fourth-order valence-electron chi connectivity index (χ4n) is 0.311. The summed E-state index contributed by atoms with van der Waals surface area (Å²) in [6, 6.07) is 0. The molecule has 0 aliphatic rings. The first-order chi connectivity index (χ1) is 3.91. The molecule has 0 aromatic carbocycles. The van der Waals surface area contributed by atoms with Crippen LogP contribution in [0.15, 0.2) is 0 Å². The highest BCUT2D eigenvalue weighted by Gasteiger charge is 1.68. The van der Waals surface area contributed by atoms with Gasteiger partial charge in [0.15, 0.2) is 0 Å². The monoisotopic (exact) mass is 112 g/mol. The fraction of sp³-hybridized carbons (Fsp3) is 0.667. The molecule has 0 amide bonds. The predicted molar refractivity (Wildman–Crippen MR) is 35.4 cm³/mol. The van der Waals surface area contributed by atoms with Crippen LogP contribution in [0.5, 0.6) is 0 Å². The zero-order valence-electron chi connectivity index (χ0n) is 5.20. The van der Waals surface area contributed by atoms with Gasteiger partial charge in [-0.3, -0.25) is 0 Å². The lowest BCUT2D eigenvalue weighted by Crippen LogP contribution is -2.04. The Hall–Kier alpha value is -0.520. The Kier molecular flexibility index (Phi) is 6.06. The van der Waals surface area contributed by atoms with Gasteiger partial charge in [0.25, 0.3) is 0 Å². The van der Waals surface area contributed by atoms with Gasteiger partial charge in [0.1, 0.15) is 0 Å². The van der Waals surface area contributed by atoms with Crippen molar-refractivity contribution in [2.24, 2.45) is 5.73 Å². The molecule has 0 fully saturated rings. The quantitative estimate of drug-likeness (QED) is 0.475. The van der Waals surface area contributed by atoms with E-state index in [0.717, 1.165) is 13.0 Å². The van der Waals surface area contributed by atoms with E-state index < -0.39 is 0 Å². The van der Waals surface area contributed by atoms with Gasteiger partial charge in [-0.15, -0.1) is 5.92 Å². The maximum Gasteiger partial charge on any atom is 0.0574 e. The Labute approximate surface area is 50.5 Å². The van der Waals surface area contributed by atoms with Crippen LogP contribution in [0.3, 0.4) is 0 Å². The third kappa shape index (κ3) is 5.48. The molecule has 0 saturated carbocycles. The molecule has 0 aliphatic heterocycles. The number of hydrogen-bond donors (Lipinski definition) is 2. The minimum absolute atomic E-state index is 0.663. The Morgan fingerprint density at radius 2 is 2.25 bits per heavy atom.